The number of aliphatic hydroxyl groups is 1. The number of rotatable bonds is 4. The molecule has 1 heterocycles. The molecule has 0 spiro atoms. The van der Waals surface area contributed by atoms with E-state index in [1.807, 2.05) is 26.2 Å². The molecule has 0 aliphatic carbocycles. The molecule has 0 aliphatic heterocycles. The molecule has 0 saturated carbocycles. The second-order valence-electron chi connectivity index (χ2n) is 4.93. The van der Waals surface area contributed by atoms with Crippen LogP contribution >= 0.6 is 11.3 Å². The van der Waals surface area contributed by atoms with Crippen LogP contribution in [0.25, 0.3) is 0 Å². The lowest BCUT2D eigenvalue weighted by Crippen LogP contribution is -2.43. The van der Waals surface area contributed by atoms with Gasteiger partial charge in [0.1, 0.15) is 0 Å². The van der Waals surface area contributed by atoms with Gasteiger partial charge in [-0.15, -0.1) is 11.3 Å². The Morgan fingerprint density at radius 1 is 1.53 bits per heavy atom. The van der Waals surface area contributed by atoms with E-state index in [-0.39, 0.29) is 18.0 Å². The average molecular weight is 257 g/mol. The number of thiazole rings is 1. The molecule has 2 amide bonds. The molecule has 0 fully saturated rings. The summed E-state index contributed by atoms with van der Waals surface area (Å²) in [7, 11) is 0. The van der Waals surface area contributed by atoms with Crippen LogP contribution < -0.4 is 10.6 Å². The van der Waals surface area contributed by atoms with Gasteiger partial charge in [0.2, 0.25) is 0 Å². The highest BCUT2D eigenvalue weighted by molar-refractivity contribution is 7.07. The van der Waals surface area contributed by atoms with E-state index in [1.54, 1.807) is 5.51 Å². The molecule has 1 unspecified atom stereocenters. The van der Waals surface area contributed by atoms with Crippen molar-refractivity contribution in [1.29, 1.82) is 0 Å². The second-order valence-corrected chi connectivity index (χ2v) is 5.64. The monoisotopic (exact) mass is 257 g/mol. The van der Waals surface area contributed by atoms with Crippen molar-refractivity contribution in [2.24, 2.45) is 5.41 Å². The van der Waals surface area contributed by atoms with Gasteiger partial charge in [-0.1, -0.05) is 20.8 Å². The minimum Gasteiger partial charge on any atom is -0.391 e. The van der Waals surface area contributed by atoms with E-state index in [0.29, 0.717) is 6.54 Å². The van der Waals surface area contributed by atoms with Gasteiger partial charge in [-0.05, 0) is 5.41 Å². The van der Waals surface area contributed by atoms with Crippen molar-refractivity contribution in [2.75, 3.05) is 6.54 Å². The summed E-state index contributed by atoms with van der Waals surface area (Å²) in [6.45, 7) is 6.42. The topological polar surface area (TPSA) is 74.2 Å². The first-order chi connectivity index (χ1) is 7.89. The maximum Gasteiger partial charge on any atom is 0.315 e. The Labute approximate surface area is 105 Å². The van der Waals surface area contributed by atoms with Gasteiger partial charge < -0.3 is 15.7 Å². The van der Waals surface area contributed by atoms with Gasteiger partial charge in [0, 0.05) is 11.9 Å². The van der Waals surface area contributed by atoms with Crippen LogP contribution in [0.5, 0.6) is 0 Å². The number of nitrogens with zero attached hydrogens (tertiary/aromatic N) is 1. The van der Waals surface area contributed by atoms with Crippen molar-refractivity contribution in [3.63, 3.8) is 0 Å². The zero-order valence-corrected chi connectivity index (χ0v) is 11.2. The number of aliphatic hydroxyl groups excluding tert-OH is 1. The highest BCUT2D eigenvalue weighted by Crippen LogP contribution is 2.17. The van der Waals surface area contributed by atoms with Crippen molar-refractivity contribution in [1.82, 2.24) is 15.6 Å². The van der Waals surface area contributed by atoms with Gasteiger partial charge in [0.25, 0.3) is 0 Å². The normalized spacial score (nSPS) is 13.2. The molecular formula is C11H19N3O2S. The van der Waals surface area contributed by atoms with Crippen LogP contribution in [-0.2, 0) is 6.54 Å². The third-order valence-corrected chi connectivity index (χ3v) is 3.00. The van der Waals surface area contributed by atoms with Crippen LogP contribution in [0.15, 0.2) is 10.9 Å². The van der Waals surface area contributed by atoms with Crippen molar-refractivity contribution in [3.05, 3.63) is 16.6 Å². The molecule has 17 heavy (non-hydrogen) atoms. The van der Waals surface area contributed by atoms with Crippen LogP contribution in [0.2, 0.25) is 0 Å². The first kappa shape index (κ1) is 13.9. The highest BCUT2D eigenvalue weighted by Gasteiger charge is 2.22. The van der Waals surface area contributed by atoms with Crippen molar-refractivity contribution < 1.29 is 9.90 Å². The Bertz CT molecular complexity index is 346. The fraction of sp³-hybridized carbons (Fsp3) is 0.636. The van der Waals surface area contributed by atoms with Crippen LogP contribution in [0.3, 0.4) is 0 Å². The molecule has 6 heteroatoms. The standard InChI is InChI=1S/C11H19N3O2S/c1-11(2,3)9(15)5-13-10(16)12-4-8-6-17-7-14-8/h6-7,9,15H,4-5H2,1-3H3,(H2,12,13,16). The maximum atomic E-state index is 11.4. The van der Waals surface area contributed by atoms with Gasteiger partial charge in [0.05, 0.1) is 23.9 Å². The summed E-state index contributed by atoms with van der Waals surface area (Å²) in [5.74, 6) is 0. The smallest absolute Gasteiger partial charge is 0.315 e. The molecule has 1 aromatic heterocycles. The SMILES string of the molecule is CC(C)(C)C(O)CNC(=O)NCc1cscn1. The number of carbonyl (C=O) groups excluding carboxylic acids is 1. The van der Waals surface area contributed by atoms with Crippen LogP contribution in [0, 0.1) is 5.41 Å². The maximum absolute atomic E-state index is 11.4. The molecule has 0 aliphatic rings. The molecule has 3 N–H and O–H groups in total. The summed E-state index contributed by atoms with van der Waals surface area (Å²) in [6, 6.07) is -0.290. The Kier molecular flexibility index (Phi) is 4.89. The number of aromatic nitrogens is 1. The third kappa shape index (κ3) is 5.14. The third-order valence-electron chi connectivity index (χ3n) is 2.37. The number of urea groups is 1. The minimum absolute atomic E-state index is 0.234. The summed E-state index contributed by atoms with van der Waals surface area (Å²) in [5, 5.41) is 16.9. The Hall–Kier alpha value is -1.14. The Morgan fingerprint density at radius 3 is 2.76 bits per heavy atom. The minimum atomic E-state index is -0.562. The molecule has 1 atom stereocenters. The van der Waals surface area contributed by atoms with Gasteiger partial charge in [-0.25, -0.2) is 9.78 Å². The van der Waals surface area contributed by atoms with E-state index < -0.39 is 6.10 Å². The molecule has 5 nitrogen and oxygen atoms in total. The lowest BCUT2D eigenvalue weighted by Gasteiger charge is -2.25. The molecular weight excluding hydrogens is 238 g/mol. The first-order valence-corrected chi connectivity index (χ1v) is 6.40. The largest absolute Gasteiger partial charge is 0.391 e. The predicted octanol–water partition coefficient (Wildman–Crippen LogP) is 1.35. The summed E-state index contributed by atoms with van der Waals surface area (Å²) >= 11 is 1.49. The lowest BCUT2D eigenvalue weighted by atomic mass is 9.89. The number of nitrogens with one attached hydrogen (secondary N) is 2. The Balaban J connectivity index is 2.22. The van der Waals surface area contributed by atoms with Crippen LogP contribution in [0.1, 0.15) is 26.5 Å². The van der Waals surface area contributed by atoms with Gasteiger partial charge in [-0.2, -0.15) is 0 Å². The van der Waals surface area contributed by atoms with Gasteiger partial charge in [0.15, 0.2) is 0 Å². The van der Waals surface area contributed by atoms with E-state index >= 15 is 0 Å². The second kappa shape index (κ2) is 5.97. The first-order valence-electron chi connectivity index (χ1n) is 5.46. The fourth-order valence-electron chi connectivity index (χ4n) is 1.05. The van der Waals surface area contributed by atoms with Crippen LogP contribution in [-0.4, -0.2) is 28.8 Å². The highest BCUT2D eigenvalue weighted by atomic mass is 32.1. The molecule has 0 radical (unpaired) electrons. The van der Waals surface area contributed by atoms with Crippen molar-refractivity contribution >= 4 is 17.4 Å². The number of hydrogen-bond acceptors (Lipinski definition) is 4. The van der Waals surface area contributed by atoms with Gasteiger partial charge in [-0.3, -0.25) is 0 Å². The summed E-state index contributed by atoms with van der Waals surface area (Å²) in [4.78, 5) is 15.5. The molecule has 0 bridgehead atoms. The molecule has 1 rings (SSSR count). The van der Waals surface area contributed by atoms with E-state index in [1.165, 1.54) is 11.3 Å². The predicted molar refractivity (Wildman–Crippen MR) is 67.8 cm³/mol. The summed E-state index contributed by atoms with van der Waals surface area (Å²) in [5.41, 5.74) is 2.32. The molecule has 0 saturated heterocycles. The van der Waals surface area contributed by atoms with E-state index in [9.17, 15) is 9.90 Å². The Morgan fingerprint density at radius 2 is 2.24 bits per heavy atom. The zero-order valence-electron chi connectivity index (χ0n) is 10.4. The quantitative estimate of drug-likeness (QED) is 0.762. The molecule has 96 valence electrons. The molecule has 0 aromatic carbocycles. The number of carbonyl (C=O) groups is 1. The van der Waals surface area contributed by atoms with Crippen molar-refractivity contribution in [2.45, 2.75) is 33.4 Å². The van der Waals surface area contributed by atoms with E-state index in [0.717, 1.165) is 5.69 Å². The van der Waals surface area contributed by atoms with Crippen LogP contribution in [0.4, 0.5) is 4.79 Å². The lowest BCUT2D eigenvalue weighted by molar-refractivity contribution is 0.0650. The van der Waals surface area contributed by atoms with Crippen molar-refractivity contribution in [3.8, 4) is 0 Å². The zero-order chi connectivity index (χ0) is 12.9. The van der Waals surface area contributed by atoms with Gasteiger partial charge >= 0.3 is 6.03 Å². The number of hydrogen-bond donors (Lipinski definition) is 3. The van der Waals surface area contributed by atoms with E-state index in [2.05, 4.69) is 15.6 Å². The number of amides is 2. The fourth-order valence-corrected chi connectivity index (χ4v) is 1.61. The molecule has 1 aromatic rings. The summed E-state index contributed by atoms with van der Waals surface area (Å²) in [6.07, 6.45) is -0.562. The summed E-state index contributed by atoms with van der Waals surface area (Å²) < 4.78 is 0. The van der Waals surface area contributed by atoms with E-state index in [4.69, 9.17) is 0 Å². The average Bonchev–Trinajstić information content (AvgIpc) is 2.74.